The topological polar surface area (TPSA) is 37.8 Å². The Hall–Kier alpha value is -1.12. The Morgan fingerprint density at radius 2 is 2.54 bits per heavy atom. The van der Waals surface area contributed by atoms with Gasteiger partial charge in [0.1, 0.15) is 12.1 Å². The molecule has 1 fully saturated rings. The molecule has 1 N–H and O–H groups in total. The summed E-state index contributed by atoms with van der Waals surface area (Å²) in [5.41, 5.74) is 0. The maximum atomic E-state index is 4.13. The Kier molecular flexibility index (Phi) is 2.43. The number of aromatic nitrogens is 2. The third kappa shape index (κ3) is 2.17. The highest BCUT2D eigenvalue weighted by molar-refractivity contribution is 5.35. The number of hydrogen-bond donors (Lipinski definition) is 1. The summed E-state index contributed by atoms with van der Waals surface area (Å²) in [5, 5.41) is 3.40. The molecule has 2 unspecified atom stereocenters. The van der Waals surface area contributed by atoms with Gasteiger partial charge in [-0.1, -0.05) is 13.3 Å². The van der Waals surface area contributed by atoms with Gasteiger partial charge in [0, 0.05) is 12.2 Å². The van der Waals surface area contributed by atoms with E-state index in [1.165, 1.54) is 19.3 Å². The molecule has 1 aromatic rings. The van der Waals surface area contributed by atoms with E-state index in [9.17, 15) is 0 Å². The van der Waals surface area contributed by atoms with Crippen molar-refractivity contribution in [1.29, 1.82) is 0 Å². The molecule has 0 spiro atoms. The molecule has 3 heteroatoms. The summed E-state index contributed by atoms with van der Waals surface area (Å²) in [6.45, 7) is 2.24. The van der Waals surface area contributed by atoms with E-state index in [4.69, 9.17) is 0 Å². The molecule has 2 rings (SSSR count). The summed E-state index contributed by atoms with van der Waals surface area (Å²) >= 11 is 0. The Labute approximate surface area is 78.6 Å². The molecule has 2 atom stereocenters. The zero-order valence-corrected chi connectivity index (χ0v) is 7.90. The van der Waals surface area contributed by atoms with E-state index in [1.807, 2.05) is 6.07 Å². The van der Waals surface area contributed by atoms with Crippen LogP contribution in [0.2, 0.25) is 0 Å². The number of nitrogens with one attached hydrogen (secondary N) is 1. The lowest BCUT2D eigenvalue weighted by Crippen LogP contribution is -2.05. The zero-order valence-electron chi connectivity index (χ0n) is 7.90. The fourth-order valence-electron chi connectivity index (χ4n) is 1.68. The molecule has 0 saturated heterocycles. The molecule has 1 heterocycles. The molecule has 1 saturated carbocycles. The summed E-state index contributed by atoms with van der Waals surface area (Å²) in [7, 11) is 0. The third-order valence-corrected chi connectivity index (χ3v) is 2.50. The lowest BCUT2D eigenvalue weighted by atomic mass is 10.2. The minimum atomic E-state index is 0.662. The molecule has 1 aromatic heterocycles. The van der Waals surface area contributed by atoms with Crippen molar-refractivity contribution in [2.45, 2.75) is 32.2 Å². The van der Waals surface area contributed by atoms with Crippen LogP contribution in [0.1, 0.15) is 26.2 Å². The highest BCUT2D eigenvalue weighted by Gasteiger charge is 2.35. The van der Waals surface area contributed by atoms with Gasteiger partial charge in [0.05, 0.1) is 0 Å². The van der Waals surface area contributed by atoms with E-state index in [2.05, 4.69) is 22.2 Å². The Bertz CT molecular complexity index is 260. The average molecular weight is 177 g/mol. The van der Waals surface area contributed by atoms with Crippen molar-refractivity contribution < 1.29 is 0 Å². The Balaban J connectivity index is 1.81. The molecule has 0 bridgehead atoms. The highest BCUT2D eigenvalue weighted by Crippen LogP contribution is 2.36. The van der Waals surface area contributed by atoms with E-state index >= 15 is 0 Å². The van der Waals surface area contributed by atoms with Gasteiger partial charge < -0.3 is 5.32 Å². The molecule has 70 valence electrons. The smallest absolute Gasteiger partial charge is 0.129 e. The monoisotopic (exact) mass is 177 g/mol. The van der Waals surface area contributed by atoms with Gasteiger partial charge in [-0.25, -0.2) is 9.97 Å². The molecule has 0 amide bonds. The first-order chi connectivity index (χ1) is 6.40. The van der Waals surface area contributed by atoms with Crippen LogP contribution in [-0.4, -0.2) is 16.0 Å². The maximum Gasteiger partial charge on any atom is 0.129 e. The van der Waals surface area contributed by atoms with Crippen molar-refractivity contribution in [3.63, 3.8) is 0 Å². The predicted octanol–water partition coefficient (Wildman–Crippen LogP) is 2.08. The number of nitrogens with zero attached hydrogens (tertiary/aromatic N) is 2. The van der Waals surface area contributed by atoms with E-state index < -0.39 is 0 Å². The largest absolute Gasteiger partial charge is 0.367 e. The van der Waals surface area contributed by atoms with Gasteiger partial charge in [0.2, 0.25) is 0 Å². The average Bonchev–Trinajstić information content (AvgIpc) is 2.86. The zero-order chi connectivity index (χ0) is 9.10. The summed E-state index contributed by atoms with van der Waals surface area (Å²) in [5.74, 6) is 1.83. The van der Waals surface area contributed by atoms with Gasteiger partial charge in [-0.15, -0.1) is 0 Å². The molecular formula is C10H15N3. The number of rotatable bonds is 4. The van der Waals surface area contributed by atoms with Crippen LogP contribution in [0, 0.1) is 5.92 Å². The summed E-state index contributed by atoms with van der Waals surface area (Å²) in [4.78, 5) is 8.01. The SMILES string of the molecule is CCCC1CC1Nc1ccncn1. The van der Waals surface area contributed by atoms with Crippen molar-refractivity contribution in [1.82, 2.24) is 9.97 Å². The maximum absolute atomic E-state index is 4.13. The minimum Gasteiger partial charge on any atom is -0.367 e. The first-order valence-electron chi connectivity index (χ1n) is 4.92. The van der Waals surface area contributed by atoms with Crippen LogP contribution in [0.4, 0.5) is 5.82 Å². The highest BCUT2D eigenvalue weighted by atomic mass is 15.1. The molecule has 1 aliphatic rings. The fraction of sp³-hybridized carbons (Fsp3) is 0.600. The second kappa shape index (κ2) is 3.73. The molecular weight excluding hydrogens is 162 g/mol. The quantitative estimate of drug-likeness (QED) is 0.765. The van der Waals surface area contributed by atoms with Crippen LogP contribution in [0.15, 0.2) is 18.6 Å². The van der Waals surface area contributed by atoms with Crippen LogP contribution in [-0.2, 0) is 0 Å². The fourth-order valence-corrected chi connectivity index (χ4v) is 1.68. The molecule has 0 aromatic carbocycles. The first-order valence-corrected chi connectivity index (χ1v) is 4.92. The predicted molar refractivity (Wildman–Crippen MR) is 52.5 cm³/mol. The number of hydrogen-bond acceptors (Lipinski definition) is 3. The van der Waals surface area contributed by atoms with E-state index in [0.717, 1.165) is 11.7 Å². The summed E-state index contributed by atoms with van der Waals surface area (Å²) < 4.78 is 0. The molecule has 1 aliphatic carbocycles. The Morgan fingerprint density at radius 1 is 1.62 bits per heavy atom. The van der Waals surface area contributed by atoms with Crippen LogP contribution in [0.5, 0.6) is 0 Å². The van der Waals surface area contributed by atoms with Crippen LogP contribution in [0.25, 0.3) is 0 Å². The lowest BCUT2D eigenvalue weighted by molar-refractivity contribution is 0.692. The normalized spacial score (nSPS) is 25.6. The van der Waals surface area contributed by atoms with Crippen LogP contribution < -0.4 is 5.32 Å². The van der Waals surface area contributed by atoms with E-state index in [0.29, 0.717) is 6.04 Å². The van der Waals surface area contributed by atoms with Crippen molar-refractivity contribution in [2.24, 2.45) is 5.92 Å². The molecule has 13 heavy (non-hydrogen) atoms. The van der Waals surface area contributed by atoms with Gasteiger partial charge in [0.15, 0.2) is 0 Å². The third-order valence-electron chi connectivity index (χ3n) is 2.50. The van der Waals surface area contributed by atoms with Gasteiger partial charge >= 0.3 is 0 Å². The molecule has 3 nitrogen and oxygen atoms in total. The lowest BCUT2D eigenvalue weighted by Gasteiger charge is -2.02. The standard InChI is InChI=1S/C10H15N3/c1-2-3-8-6-9(8)13-10-4-5-11-7-12-10/h4-5,7-9H,2-3,6H2,1H3,(H,11,12,13). The molecule has 0 radical (unpaired) electrons. The number of anilines is 1. The summed E-state index contributed by atoms with van der Waals surface area (Å²) in [6.07, 6.45) is 7.28. The van der Waals surface area contributed by atoms with Gasteiger partial charge in [-0.05, 0) is 24.8 Å². The second-order valence-corrected chi connectivity index (χ2v) is 3.63. The first kappa shape index (κ1) is 8.48. The van der Waals surface area contributed by atoms with Crippen molar-refractivity contribution in [2.75, 3.05) is 5.32 Å². The van der Waals surface area contributed by atoms with Gasteiger partial charge in [0.25, 0.3) is 0 Å². The minimum absolute atomic E-state index is 0.662. The van der Waals surface area contributed by atoms with Crippen molar-refractivity contribution in [3.05, 3.63) is 18.6 Å². The van der Waals surface area contributed by atoms with Gasteiger partial charge in [-0.2, -0.15) is 0 Å². The van der Waals surface area contributed by atoms with Crippen molar-refractivity contribution in [3.8, 4) is 0 Å². The van der Waals surface area contributed by atoms with E-state index in [1.54, 1.807) is 12.5 Å². The van der Waals surface area contributed by atoms with Crippen LogP contribution >= 0.6 is 0 Å². The Morgan fingerprint density at radius 3 is 3.23 bits per heavy atom. The second-order valence-electron chi connectivity index (χ2n) is 3.63. The summed E-state index contributed by atoms with van der Waals surface area (Å²) in [6, 6.07) is 2.58. The van der Waals surface area contributed by atoms with Crippen LogP contribution in [0.3, 0.4) is 0 Å². The van der Waals surface area contributed by atoms with Crippen molar-refractivity contribution >= 4 is 5.82 Å². The van der Waals surface area contributed by atoms with E-state index in [-0.39, 0.29) is 0 Å². The van der Waals surface area contributed by atoms with Gasteiger partial charge in [-0.3, -0.25) is 0 Å². The molecule has 0 aliphatic heterocycles.